The van der Waals surface area contributed by atoms with Crippen molar-refractivity contribution in [2.24, 2.45) is 0 Å². The zero-order valence-corrected chi connectivity index (χ0v) is 12.7. The van der Waals surface area contributed by atoms with E-state index in [4.69, 9.17) is 4.74 Å². The van der Waals surface area contributed by atoms with E-state index in [2.05, 4.69) is 24.1 Å². The van der Waals surface area contributed by atoms with E-state index in [-0.39, 0.29) is 11.9 Å². The lowest BCUT2D eigenvalue weighted by atomic mass is 10.2. The summed E-state index contributed by atoms with van der Waals surface area (Å²) in [5, 5.41) is 3.23. The topological polar surface area (TPSA) is 44.8 Å². The summed E-state index contributed by atoms with van der Waals surface area (Å²) in [5.41, 5.74) is 0. The van der Waals surface area contributed by atoms with Crippen LogP contribution < -0.4 is 5.32 Å². The number of carbonyl (C=O) groups excluding carboxylic acids is 1. The molecule has 5 heteroatoms. The van der Waals surface area contributed by atoms with Gasteiger partial charge >= 0.3 is 0 Å². The Morgan fingerprint density at radius 3 is 2.47 bits per heavy atom. The first-order chi connectivity index (χ1) is 9.22. The van der Waals surface area contributed by atoms with E-state index in [0.29, 0.717) is 13.2 Å². The molecule has 1 saturated heterocycles. The molecule has 1 aliphatic heterocycles. The van der Waals surface area contributed by atoms with E-state index in [1.165, 1.54) is 0 Å². The van der Waals surface area contributed by atoms with Crippen LogP contribution in [0.3, 0.4) is 0 Å². The van der Waals surface area contributed by atoms with Crippen molar-refractivity contribution in [1.82, 2.24) is 15.1 Å². The lowest BCUT2D eigenvalue weighted by molar-refractivity contribution is -0.136. The lowest BCUT2D eigenvalue weighted by Gasteiger charge is -2.30. The molecule has 1 fully saturated rings. The van der Waals surface area contributed by atoms with E-state index in [0.717, 1.165) is 45.7 Å². The summed E-state index contributed by atoms with van der Waals surface area (Å²) in [5.74, 6) is 0.182. The maximum atomic E-state index is 12.3. The normalized spacial score (nSPS) is 19.7. The quantitative estimate of drug-likeness (QED) is 0.700. The molecule has 0 aromatic heterocycles. The highest BCUT2D eigenvalue weighted by molar-refractivity contribution is 5.82. The number of rotatable bonds is 8. The highest BCUT2D eigenvalue weighted by Crippen LogP contribution is 2.02. The van der Waals surface area contributed by atoms with Crippen molar-refractivity contribution in [3.05, 3.63) is 0 Å². The van der Waals surface area contributed by atoms with Gasteiger partial charge < -0.3 is 19.9 Å². The Morgan fingerprint density at radius 1 is 1.21 bits per heavy atom. The van der Waals surface area contributed by atoms with Crippen LogP contribution in [0.1, 0.15) is 27.2 Å². The maximum Gasteiger partial charge on any atom is 0.242 e. The number of carbonyl (C=O) groups is 1. The predicted molar refractivity (Wildman–Crippen MR) is 77.3 cm³/mol. The van der Waals surface area contributed by atoms with Gasteiger partial charge in [-0.25, -0.2) is 0 Å². The summed E-state index contributed by atoms with van der Waals surface area (Å²) in [6.45, 7) is 13.2. The molecule has 1 N–H and O–H groups in total. The van der Waals surface area contributed by atoms with Gasteiger partial charge in [-0.3, -0.25) is 4.79 Å². The molecule has 0 spiro atoms. The molecule has 0 aliphatic carbocycles. The third kappa shape index (κ3) is 5.47. The van der Waals surface area contributed by atoms with Crippen molar-refractivity contribution in [3.8, 4) is 0 Å². The standard InChI is InChI=1S/C14H29N3O2/c1-4-16(5-2)9-7-10-17(6-3)14(18)13-12-19-11-8-15-13/h13,15H,4-12H2,1-3H3. The van der Waals surface area contributed by atoms with Crippen molar-refractivity contribution in [1.29, 1.82) is 0 Å². The van der Waals surface area contributed by atoms with Gasteiger partial charge in [0.15, 0.2) is 0 Å². The predicted octanol–water partition coefficient (Wildman–Crippen LogP) is 0.555. The summed E-state index contributed by atoms with van der Waals surface area (Å²) in [6.07, 6.45) is 1.04. The van der Waals surface area contributed by atoms with Gasteiger partial charge in [-0.15, -0.1) is 0 Å². The zero-order chi connectivity index (χ0) is 14.1. The third-order valence-corrected chi connectivity index (χ3v) is 3.71. The average molecular weight is 271 g/mol. The minimum atomic E-state index is -0.151. The van der Waals surface area contributed by atoms with Gasteiger partial charge in [-0.05, 0) is 33.0 Å². The molecule has 112 valence electrons. The van der Waals surface area contributed by atoms with Crippen molar-refractivity contribution < 1.29 is 9.53 Å². The second-order valence-electron chi connectivity index (χ2n) is 4.88. The minimum absolute atomic E-state index is 0.151. The van der Waals surface area contributed by atoms with Gasteiger partial charge in [0, 0.05) is 19.6 Å². The molecule has 0 aromatic carbocycles. The van der Waals surface area contributed by atoms with Crippen LogP contribution in [0.5, 0.6) is 0 Å². The van der Waals surface area contributed by atoms with Crippen molar-refractivity contribution in [2.75, 3.05) is 52.5 Å². The van der Waals surface area contributed by atoms with E-state index in [9.17, 15) is 4.79 Å². The van der Waals surface area contributed by atoms with Crippen LogP contribution in [0.2, 0.25) is 0 Å². The fourth-order valence-corrected chi connectivity index (χ4v) is 2.39. The summed E-state index contributed by atoms with van der Waals surface area (Å²) in [4.78, 5) is 16.6. The number of hydrogen-bond donors (Lipinski definition) is 1. The molecular formula is C14H29N3O2. The number of nitrogens with one attached hydrogen (secondary N) is 1. The van der Waals surface area contributed by atoms with Crippen LogP contribution >= 0.6 is 0 Å². The average Bonchev–Trinajstić information content (AvgIpc) is 2.48. The van der Waals surface area contributed by atoms with Crippen molar-refractivity contribution >= 4 is 5.91 Å². The molecule has 1 atom stereocenters. The highest BCUT2D eigenvalue weighted by Gasteiger charge is 2.25. The third-order valence-electron chi connectivity index (χ3n) is 3.71. The van der Waals surface area contributed by atoms with Crippen LogP contribution in [0, 0.1) is 0 Å². The van der Waals surface area contributed by atoms with E-state index in [1.807, 2.05) is 11.8 Å². The molecule has 1 unspecified atom stereocenters. The summed E-state index contributed by atoms with van der Waals surface area (Å²) >= 11 is 0. The molecule has 1 heterocycles. The van der Waals surface area contributed by atoms with Gasteiger partial charge in [0.1, 0.15) is 6.04 Å². The highest BCUT2D eigenvalue weighted by atomic mass is 16.5. The SMILES string of the molecule is CCN(CC)CCCN(CC)C(=O)C1COCCN1. The molecule has 5 nitrogen and oxygen atoms in total. The second-order valence-corrected chi connectivity index (χ2v) is 4.88. The lowest BCUT2D eigenvalue weighted by Crippen LogP contribution is -2.52. The molecular weight excluding hydrogens is 242 g/mol. The Labute approximate surface area is 117 Å². The van der Waals surface area contributed by atoms with Crippen LogP contribution in [-0.4, -0.2) is 74.2 Å². The summed E-state index contributed by atoms with van der Waals surface area (Å²) in [6, 6.07) is -0.151. The molecule has 0 aromatic rings. The fraction of sp³-hybridized carbons (Fsp3) is 0.929. The first-order valence-corrected chi connectivity index (χ1v) is 7.55. The van der Waals surface area contributed by atoms with Gasteiger partial charge in [-0.1, -0.05) is 13.8 Å². The van der Waals surface area contributed by atoms with Crippen LogP contribution in [0.25, 0.3) is 0 Å². The second kappa shape index (κ2) is 9.28. The largest absolute Gasteiger partial charge is 0.378 e. The van der Waals surface area contributed by atoms with Gasteiger partial charge in [0.2, 0.25) is 5.91 Å². The van der Waals surface area contributed by atoms with Crippen LogP contribution in [0.4, 0.5) is 0 Å². The molecule has 0 radical (unpaired) electrons. The first kappa shape index (κ1) is 16.4. The molecule has 1 rings (SSSR count). The smallest absolute Gasteiger partial charge is 0.242 e. The Bertz CT molecular complexity index is 251. The Morgan fingerprint density at radius 2 is 1.95 bits per heavy atom. The Kier molecular flexibility index (Phi) is 8.02. The molecule has 0 saturated carbocycles. The summed E-state index contributed by atoms with van der Waals surface area (Å²) < 4.78 is 5.36. The molecule has 1 aliphatic rings. The Balaban J connectivity index is 2.33. The summed E-state index contributed by atoms with van der Waals surface area (Å²) in [7, 11) is 0. The first-order valence-electron chi connectivity index (χ1n) is 7.55. The van der Waals surface area contributed by atoms with Gasteiger partial charge in [0.25, 0.3) is 0 Å². The zero-order valence-electron chi connectivity index (χ0n) is 12.7. The van der Waals surface area contributed by atoms with Crippen LogP contribution in [0.15, 0.2) is 0 Å². The number of likely N-dealkylation sites (N-methyl/N-ethyl adjacent to an activating group) is 1. The van der Waals surface area contributed by atoms with Crippen LogP contribution in [-0.2, 0) is 9.53 Å². The molecule has 19 heavy (non-hydrogen) atoms. The van der Waals surface area contributed by atoms with E-state index < -0.39 is 0 Å². The number of amides is 1. The van der Waals surface area contributed by atoms with Gasteiger partial charge in [0.05, 0.1) is 13.2 Å². The number of nitrogens with zero attached hydrogens (tertiary/aromatic N) is 2. The molecule has 1 amide bonds. The maximum absolute atomic E-state index is 12.3. The fourth-order valence-electron chi connectivity index (χ4n) is 2.39. The van der Waals surface area contributed by atoms with Crippen molar-refractivity contribution in [3.63, 3.8) is 0 Å². The van der Waals surface area contributed by atoms with Gasteiger partial charge in [-0.2, -0.15) is 0 Å². The number of morpholine rings is 1. The number of ether oxygens (including phenoxy) is 1. The number of hydrogen-bond acceptors (Lipinski definition) is 4. The monoisotopic (exact) mass is 271 g/mol. The Hall–Kier alpha value is -0.650. The molecule has 0 bridgehead atoms. The van der Waals surface area contributed by atoms with E-state index in [1.54, 1.807) is 0 Å². The van der Waals surface area contributed by atoms with Crippen molar-refractivity contribution in [2.45, 2.75) is 33.2 Å². The van der Waals surface area contributed by atoms with E-state index >= 15 is 0 Å². The minimum Gasteiger partial charge on any atom is -0.378 e.